The summed E-state index contributed by atoms with van der Waals surface area (Å²) in [7, 11) is -3.02. The molecule has 2 saturated heterocycles. The van der Waals surface area contributed by atoms with E-state index in [9.17, 15) is 13.2 Å². The van der Waals surface area contributed by atoms with Gasteiger partial charge in [-0.3, -0.25) is 14.6 Å². The number of aromatic nitrogens is 2. The van der Waals surface area contributed by atoms with Crippen LogP contribution in [0.25, 0.3) is 0 Å². The van der Waals surface area contributed by atoms with Crippen LogP contribution < -0.4 is 5.32 Å². The lowest BCUT2D eigenvalue weighted by Gasteiger charge is -2.34. The number of carbonyl (C=O) groups is 1. The molecule has 0 aliphatic carbocycles. The Morgan fingerprint density at radius 1 is 1.12 bits per heavy atom. The Hall–Kier alpha value is -2.23. The highest BCUT2D eigenvalue weighted by atomic mass is 32.2. The van der Waals surface area contributed by atoms with Gasteiger partial charge in [-0.1, -0.05) is 38.1 Å². The number of amides is 1. The highest BCUT2D eigenvalue weighted by Gasteiger charge is 2.31. The van der Waals surface area contributed by atoms with E-state index >= 15 is 0 Å². The largest absolute Gasteiger partial charge is 0.310 e. The summed E-state index contributed by atoms with van der Waals surface area (Å²) in [6.45, 7) is 11.1. The molecule has 0 spiro atoms. The second kappa shape index (κ2) is 9.95. The van der Waals surface area contributed by atoms with Crippen molar-refractivity contribution < 1.29 is 13.2 Å². The Morgan fingerprint density at radius 2 is 1.79 bits per heavy atom. The first-order chi connectivity index (χ1) is 15.7. The van der Waals surface area contributed by atoms with Crippen LogP contribution in [-0.4, -0.2) is 78.1 Å². The number of hydrogen-bond acceptors (Lipinski definition) is 6. The van der Waals surface area contributed by atoms with Gasteiger partial charge in [0.25, 0.3) is 0 Å². The van der Waals surface area contributed by atoms with Crippen LogP contribution in [0.1, 0.15) is 49.0 Å². The van der Waals surface area contributed by atoms with Crippen LogP contribution in [-0.2, 0) is 21.2 Å². The highest BCUT2D eigenvalue weighted by molar-refractivity contribution is 7.91. The van der Waals surface area contributed by atoms with Crippen molar-refractivity contribution in [3.05, 3.63) is 47.2 Å². The van der Waals surface area contributed by atoms with Gasteiger partial charge in [0.15, 0.2) is 9.84 Å². The molecule has 0 saturated carbocycles. The summed E-state index contributed by atoms with van der Waals surface area (Å²) in [6, 6.07) is 10.5. The van der Waals surface area contributed by atoms with Crippen LogP contribution in [0.5, 0.6) is 0 Å². The Morgan fingerprint density at radius 3 is 2.39 bits per heavy atom. The lowest BCUT2D eigenvalue weighted by Crippen LogP contribution is -2.48. The molecule has 2 aliphatic rings. The number of aryl methyl sites for hydroxylation is 1. The zero-order valence-corrected chi connectivity index (χ0v) is 20.6. The van der Waals surface area contributed by atoms with E-state index in [1.807, 2.05) is 13.0 Å². The molecule has 2 aromatic rings. The molecule has 1 N–H and O–H groups in total. The maximum atomic E-state index is 12.7. The molecule has 3 heterocycles. The molecule has 1 aromatic heterocycles. The van der Waals surface area contributed by atoms with Gasteiger partial charge in [0.1, 0.15) is 5.82 Å². The van der Waals surface area contributed by atoms with Gasteiger partial charge in [-0.05, 0) is 30.4 Å². The summed E-state index contributed by atoms with van der Waals surface area (Å²) in [5, 5.41) is 7.40. The topological polar surface area (TPSA) is 87.5 Å². The van der Waals surface area contributed by atoms with Gasteiger partial charge in [0.2, 0.25) is 5.91 Å². The van der Waals surface area contributed by atoms with Crippen molar-refractivity contribution >= 4 is 21.6 Å². The second-order valence-electron chi connectivity index (χ2n) is 9.67. The van der Waals surface area contributed by atoms with Crippen molar-refractivity contribution in [1.82, 2.24) is 19.6 Å². The van der Waals surface area contributed by atoms with Gasteiger partial charge in [0, 0.05) is 38.8 Å². The predicted molar refractivity (Wildman–Crippen MR) is 130 cm³/mol. The fourth-order valence-electron chi connectivity index (χ4n) is 4.61. The quantitative estimate of drug-likeness (QED) is 0.665. The standard InChI is InChI=1S/C24H35N5O3S/c1-18(2)21-6-4-20(5-7-21)15-27-9-11-28(12-10-27)16-24(30)25-23-14-19(3)26-29(23)22-8-13-33(31,32)17-22/h4-7,14,18,22H,8-13,15-17H2,1-3H3,(H,25,30). The molecule has 180 valence electrons. The fourth-order valence-corrected chi connectivity index (χ4v) is 6.31. The van der Waals surface area contributed by atoms with Crippen molar-refractivity contribution in [3.8, 4) is 0 Å². The van der Waals surface area contributed by atoms with Gasteiger partial charge in [-0.25, -0.2) is 13.1 Å². The highest BCUT2D eigenvalue weighted by Crippen LogP contribution is 2.27. The molecule has 1 atom stereocenters. The predicted octanol–water partition coefficient (Wildman–Crippen LogP) is 2.43. The van der Waals surface area contributed by atoms with Crippen LogP contribution in [0.2, 0.25) is 0 Å². The number of sulfone groups is 1. The fraction of sp³-hybridized carbons (Fsp3) is 0.583. The Labute approximate surface area is 196 Å². The minimum absolute atomic E-state index is 0.0825. The maximum Gasteiger partial charge on any atom is 0.239 e. The Bertz CT molecular complexity index is 1070. The van der Waals surface area contributed by atoms with Gasteiger partial charge >= 0.3 is 0 Å². The lowest BCUT2D eigenvalue weighted by molar-refractivity contribution is -0.117. The average molecular weight is 474 g/mol. The first-order valence-electron chi connectivity index (χ1n) is 11.8. The Kier molecular flexibility index (Phi) is 7.21. The van der Waals surface area contributed by atoms with Crippen LogP contribution in [0.3, 0.4) is 0 Å². The molecular formula is C24H35N5O3S. The van der Waals surface area contributed by atoms with Crippen molar-refractivity contribution in [2.24, 2.45) is 0 Å². The third kappa shape index (κ3) is 6.22. The Balaban J connectivity index is 1.26. The molecule has 33 heavy (non-hydrogen) atoms. The number of carbonyl (C=O) groups excluding carboxylic acids is 1. The summed E-state index contributed by atoms with van der Waals surface area (Å²) in [5.74, 6) is 1.30. The molecular weight excluding hydrogens is 438 g/mol. The molecule has 1 amide bonds. The van der Waals surface area contributed by atoms with Crippen LogP contribution in [0.15, 0.2) is 30.3 Å². The van der Waals surface area contributed by atoms with Gasteiger partial charge in [-0.15, -0.1) is 0 Å². The van der Waals surface area contributed by atoms with Crippen molar-refractivity contribution in [1.29, 1.82) is 0 Å². The summed E-state index contributed by atoms with van der Waals surface area (Å²) in [5.41, 5.74) is 3.45. The van der Waals surface area contributed by atoms with Gasteiger partial charge < -0.3 is 5.32 Å². The summed E-state index contributed by atoms with van der Waals surface area (Å²) >= 11 is 0. The monoisotopic (exact) mass is 473 g/mol. The summed E-state index contributed by atoms with van der Waals surface area (Å²) in [4.78, 5) is 17.3. The molecule has 4 rings (SSSR count). The number of piperazine rings is 1. The van der Waals surface area contributed by atoms with E-state index in [2.05, 4.69) is 58.3 Å². The normalized spacial score (nSPS) is 21.5. The van der Waals surface area contributed by atoms with Crippen LogP contribution >= 0.6 is 0 Å². The SMILES string of the molecule is Cc1cc(NC(=O)CN2CCN(Cc3ccc(C(C)C)cc3)CC2)n(C2CCS(=O)(=O)C2)n1. The number of nitrogens with one attached hydrogen (secondary N) is 1. The van der Waals surface area contributed by atoms with E-state index in [-0.39, 0.29) is 23.5 Å². The zero-order valence-electron chi connectivity index (χ0n) is 19.8. The first-order valence-corrected chi connectivity index (χ1v) is 13.6. The van der Waals surface area contributed by atoms with Gasteiger partial charge in [0.05, 0.1) is 29.8 Å². The molecule has 1 aromatic carbocycles. The molecule has 9 heteroatoms. The van der Waals surface area contributed by atoms with E-state index in [0.717, 1.165) is 38.4 Å². The zero-order chi connectivity index (χ0) is 23.6. The molecule has 8 nitrogen and oxygen atoms in total. The molecule has 1 unspecified atom stereocenters. The first kappa shape index (κ1) is 23.9. The minimum Gasteiger partial charge on any atom is -0.310 e. The van der Waals surface area contributed by atoms with Gasteiger partial charge in [-0.2, -0.15) is 5.10 Å². The minimum atomic E-state index is -3.02. The van der Waals surface area contributed by atoms with Crippen LogP contribution in [0, 0.1) is 6.92 Å². The smallest absolute Gasteiger partial charge is 0.239 e. The van der Waals surface area contributed by atoms with E-state index in [1.165, 1.54) is 11.1 Å². The van der Waals surface area contributed by atoms with Crippen molar-refractivity contribution in [2.45, 2.75) is 45.7 Å². The molecule has 2 fully saturated rings. The maximum absolute atomic E-state index is 12.7. The lowest BCUT2D eigenvalue weighted by atomic mass is 10.0. The van der Waals surface area contributed by atoms with E-state index < -0.39 is 9.84 Å². The van der Waals surface area contributed by atoms with E-state index in [4.69, 9.17) is 0 Å². The van der Waals surface area contributed by atoms with Crippen molar-refractivity contribution in [3.63, 3.8) is 0 Å². The third-order valence-electron chi connectivity index (χ3n) is 6.56. The summed E-state index contributed by atoms with van der Waals surface area (Å²) in [6.07, 6.45) is 0.536. The van der Waals surface area contributed by atoms with Crippen molar-refractivity contribution in [2.75, 3.05) is 49.5 Å². The van der Waals surface area contributed by atoms with E-state index in [0.29, 0.717) is 24.7 Å². The molecule has 0 bridgehead atoms. The summed E-state index contributed by atoms with van der Waals surface area (Å²) < 4.78 is 25.4. The van der Waals surface area contributed by atoms with E-state index in [1.54, 1.807) is 4.68 Å². The number of benzene rings is 1. The number of hydrogen-bond donors (Lipinski definition) is 1. The second-order valence-corrected chi connectivity index (χ2v) is 11.9. The number of rotatable bonds is 7. The number of anilines is 1. The molecule has 2 aliphatic heterocycles. The molecule has 0 radical (unpaired) electrons. The van der Waals surface area contributed by atoms with Crippen LogP contribution in [0.4, 0.5) is 5.82 Å². The average Bonchev–Trinajstić information content (AvgIpc) is 3.30. The third-order valence-corrected chi connectivity index (χ3v) is 8.31. The number of nitrogens with zero attached hydrogens (tertiary/aromatic N) is 4.